The molecule has 1 aromatic carbocycles. The summed E-state index contributed by atoms with van der Waals surface area (Å²) in [6, 6.07) is 7.42. The van der Waals surface area contributed by atoms with Gasteiger partial charge in [-0.3, -0.25) is 0 Å². The molecule has 15 heavy (non-hydrogen) atoms. The van der Waals surface area contributed by atoms with Crippen molar-refractivity contribution in [1.29, 1.82) is 0 Å². The molecule has 78 valence electrons. The molecule has 0 aliphatic carbocycles. The number of rotatable bonds is 4. The van der Waals surface area contributed by atoms with Crippen molar-refractivity contribution in [3.63, 3.8) is 0 Å². The van der Waals surface area contributed by atoms with Gasteiger partial charge in [-0.05, 0) is 30.5 Å². The number of hydrogen-bond acceptors (Lipinski definition) is 2. The zero-order chi connectivity index (χ0) is 11.1. The molecule has 0 N–H and O–H groups in total. The van der Waals surface area contributed by atoms with Gasteiger partial charge in [-0.1, -0.05) is 12.1 Å². The number of unbranched alkanes of at least 4 members (excludes halogenated alkanes) is 1. The number of methoxy groups -OCH3 is 1. The first kappa shape index (κ1) is 11.3. The van der Waals surface area contributed by atoms with Gasteiger partial charge in [-0.15, -0.1) is 12.3 Å². The van der Waals surface area contributed by atoms with E-state index in [0.29, 0.717) is 5.56 Å². The highest BCUT2D eigenvalue weighted by molar-refractivity contribution is 5.89. The Morgan fingerprint density at radius 3 is 2.60 bits per heavy atom. The van der Waals surface area contributed by atoms with Crippen molar-refractivity contribution >= 4 is 5.97 Å². The van der Waals surface area contributed by atoms with E-state index in [4.69, 9.17) is 6.42 Å². The molecule has 1 rings (SSSR count). The lowest BCUT2D eigenvalue weighted by Crippen LogP contribution is -2.00. The molecule has 0 bridgehead atoms. The van der Waals surface area contributed by atoms with Crippen LogP contribution in [0.4, 0.5) is 0 Å². The number of ether oxygens (including phenoxy) is 1. The third-order valence-corrected chi connectivity index (χ3v) is 2.16. The number of benzene rings is 1. The van der Waals surface area contributed by atoms with Gasteiger partial charge in [-0.25, -0.2) is 4.79 Å². The summed E-state index contributed by atoms with van der Waals surface area (Å²) in [6.07, 6.45) is 7.88. The van der Waals surface area contributed by atoms with Gasteiger partial charge in [0.25, 0.3) is 0 Å². The van der Waals surface area contributed by atoms with E-state index < -0.39 is 0 Å². The second-order valence-corrected chi connectivity index (χ2v) is 3.25. The fraction of sp³-hybridized carbons (Fsp3) is 0.308. The highest BCUT2D eigenvalue weighted by Gasteiger charge is 2.03. The van der Waals surface area contributed by atoms with Crippen LogP contribution in [0.1, 0.15) is 28.8 Å². The molecule has 0 aliphatic heterocycles. The summed E-state index contributed by atoms with van der Waals surface area (Å²) in [5, 5.41) is 0. The van der Waals surface area contributed by atoms with Crippen molar-refractivity contribution in [2.45, 2.75) is 19.3 Å². The fourth-order valence-electron chi connectivity index (χ4n) is 1.32. The van der Waals surface area contributed by atoms with E-state index in [1.165, 1.54) is 12.7 Å². The quantitative estimate of drug-likeness (QED) is 0.426. The van der Waals surface area contributed by atoms with Gasteiger partial charge >= 0.3 is 5.97 Å². The Kier molecular flexibility index (Phi) is 4.43. The van der Waals surface area contributed by atoms with Crippen LogP contribution in [-0.4, -0.2) is 13.1 Å². The lowest BCUT2D eigenvalue weighted by atomic mass is 10.1. The summed E-state index contributed by atoms with van der Waals surface area (Å²) in [7, 11) is 1.38. The average molecular weight is 202 g/mol. The van der Waals surface area contributed by atoms with Crippen molar-refractivity contribution in [3.8, 4) is 12.3 Å². The normalized spacial score (nSPS) is 9.33. The smallest absolute Gasteiger partial charge is 0.337 e. The van der Waals surface area contributed by atoms with E-state index >= 15 is 0 Å². The molecule has 0 atom stereocenters. The minimum atomic E-state index is -0.301. The van der Waals surface area contributed by atoms with E-state index in [-0.39, 0.29) is 5.97 Å². The fourth-order valence-corrected chi connectivity index (χ4v) is 1.32. The Hall–Kier alpha value is -1.75. The Morgan fingerprint density at radius 2 is 2.07 bits per heavy atom. The van der Waals surface area contributed by atoms with Crippen LogP contribution in [0, 0.1) is 12.3 Å². The minimum absolute atomic E-state index is 0.301. The molecule has 0 radical (unpaired) electrons. The predicted octanol–water partition coefficient (Wildman–Crippen LogP) is 2.43. The minimum Gasteiger partial charge on any atom is -0.465 e. The van der Waals surface area contributed by atoms with Gasteiger partial charge < -0.3 is 4.74 Å². The van der Waals surface area contributed by atoms with Gasteiger partial charge in [0.15, 0.2) is 0 Å². The van der Waals surface area contributed by atoms with E-state index in [9.17, 15) is 4.79 Å². The Bertz CT molecular complexity index is 357. The summed E-state index contributed by atoms with van der Waals surface area (Å²) in [6.45, 7) is 0. The lowest BCUT2D eigenvalue weighted by Gasteiger charge is -2.01. The highest BCUT2D eigenvalue weighted by Crippen LogP contribution is 2.08. The first-order valence-corrected chi connectivity index (χ1v) is 4.88. The van der Waals surface area contributed by atoms with Crippen molar-refractivity contribution in [2.75, 3.05) is 7.11 Å². The molecule has 0 saturated carbocycles. The largest absolute Gasteiger partial charge is 0.465 e. The Morgan fingerprint density at radius 1 is 1.40 bits per heavy atom. The molecule has 1 aromatic rings. The van der Waals surface area contributed by atoms with Crippen LogP contribution in [0.15, 0.2) is 24.3 Å². The summed E-state index contributed by atoms with van der Waals surface area (Å²) in [5.74, 6) is 2.30. The monoisotopic (exact) mass is 202 g/mol. The summed E-state index contributed by atoms with van der Waals surface area (Å²) in [5.41, 5.74) is 1.77. The van der Waals surface area contributed by atoms with Gasteiger partial charge in [0.05, 0.1) is 12.7 Å². The van der Waals surface area contributed by atoms with Gasteiger partial charge in [-0.2, -0.15) is 0 Å². The van der Waals surface area contributed by atoms with E-state index in [0.717, 1.165) is 19.3 Å². The average Bonchev–Trinajstić information content (AvgIpc) is 2.29. The number of hydrogen-bond donors (Lipinski definition) is 0. The second-order valence-electron chi connectivity index (χ2n) is 3.25. The molecule has 2 heteroatoms. The molecule has 0 aromatic heterocycles. The second kappa shape index (κ2) is 5.87. The maximum Gasteiger partial charge on any atom is 0.337 e. The zero-order valence-corrected chi connectivity index (χ0v) is 8.82. The highest BCUT2D eigenvalue weighted by atomic mass is 16.5. The molecule has 0 saturated heterocycles. The van der Waals surface area contributed by atoms with Crippen LogP contribution in [-0.2, 0) is 11.2 Å². The Labute approximate surface area is 90.3 Å². The third kappa shape index (κ3) is 3.47. The Balaban J connectivity index is 2.57. The SMILES string of the molecule is C#CCCCc1ccc(C(=O)OC)cc1. The van der Waals surface area contributed by atoms with Gasteiger partial charge in [0.1, 0.15) is 0 Å². The topological polar surface area (TPSA) is 26.3 Å². The lowest BCUT2D eigenvalue weighted by molar-refractivity contribution is 0.0600. The van der Waals surface area contributed by atoms with Crippen LogP contribution in [0.2, 0.25) is 0 Å². The maximum absolute atomic E-state index is 11.1. The van der Waals surface area contributed by atoms with Crippen LogP contribution >= 0.6 is 0 Å². The predicted molar refractivity (Wildman–Crippen MR) is 59.6 cm³/mol. The van der Waals surface area contributed by atoms with Crippen molar-refractivity contribution in [2.24, 2.45) is 0 Å². The standard InChI is InChI=1S/C13H14O2/c1-3-4-5-6-11-7-9-12(10-8-11)13(14)15-2/h1,7-10H,4-6H2,2H3. The van der Waals surface area contributed by atoms with Crippen LogP contribution in [0.25, 0.3) is 0 Å². The summed E-state index contributed by atoms with van der Waals surface area (Å²) in [4.78, 5) is 11.1. The summed E-state index contributed by atoms with van der Waals surface area (Å²) < 4.78 is 4.61. The molecule has 0 unspecified atom stereocenters. The van der Waals surface area contributed by atoms with Crippen molar-refractivity contribution < 1.29 is 9.53 Å². The molecule has 0 spiro atoms. The molecular formula is C13H14O2. The van der Waals surface area contributed by atoms with Crippen LogP contribution in [0.3, 0.4) is 0 Å². The first-order chi connectivity index (χ1) is 7.27. The van der Waals surface area contributed by atoms with E-state index in [2.05, 4.69) is 10.7 Å². The molecule has 2 nitrogen and oxygen atoms in total. The number of carbonyl (C=O) groups excluding carboxylic acids is 1. The number of aryl methyl sites for hydroxylation is 1. The summed E-state index contributed by atoms with van der Waals surface area (Å²) >= 11 is 0. The first-order valence-electron chi connectivity index (χ1n) is 4.88. The van der Waals surface area contributed by atoms with Gasteiger partial charge in [0.2, 0.25) is 0 Å². The third-order valence-electron chi connectivity index (χ3n) is 2.16. The molecule has 0 fully saturated rings. The zero-order valence-electron chi connectivity index (χ0n) is 8.82. The van der Waals surface area contributed by atoms with Crippen LogP contribution in [0.5, 0.6) is 0 Å². The van der Waals surface area contributed by atoms with E-state index in [1.807, 2.05) is 12.1 Å². The maximum atomic E-state index is 11.1. The molecule has 0 heterocycles. The van der Waals surface area contributed by atoms with E-state index in [1.54, 1.807) is 12.1 Å². The van der Waals surface area contributed by atoms with Crippen molar-refractivity contribution in [1.82, 2.24) is 0 Å². The van der Waals surface area contributed by atoms with Crippen molar-refractivity contribution in [3.05, 3.63) is 35.4 Å². The van der Waals surface area contributed by atoms with Crippen LogP contribution < -0.4 is 0 Å². The molecule has 0 amide bonds. The number of esters is 1. The number of carbonyl (C=O) groups is 1. The number of terminal acetylenes is 1. The van der Waals surface area contributed by atoms with Gasteiger partial charge in [0, 0.05) is 6.42 Å². The molecular weight excluding hydrogens is 188 g/mol. The molecule has 0 aliphatic rings.